The number of halogens is 2. The molecule has 0 saturated carbocycles. The van der Waals surface area contributed by atoms with Crippen molar-refractivity contribution in [3.8, 4) is 5.82 Å². The van der Waals surface area contributed by atoms with Crippen LogP contribution in [-0.4, -0.2) is 50.3 Å². The van der Waals surface area contributed by atoms with Gasteiger partial charge in [0, 0.05) is 36.0 Å². The van der Waals surface area contributed by atoms with Crippen molar-refractivity contribution in [2.45, 2.75) is 38.1 Å². The van der Waals surface area contributed by atoms with Gasteiger partial charge in [-0.15, -0.1) is 9.90 Å². The summed E-state index contributed by atoms with van der Waals surface area (Å²) < 4.78 is 17.4. The van der Waals surface area contributed by atoms with Crippen LogP contribution in [0.15, 0.2) is 49.3 Å². The number of nitrogens with one attached hydrogen (secondary N) is 1. The van der Waals surface area contributed by atoms with Crippen molar-refractivity contribution in [1.29, 1.82) is 0 Å². The summed E-state index contributed by atoms with van der Waals surface area (Å²) in [6.45, 7) is 4.07. The number of amides is 1. The molecule has 13 heteroatoms. The molecule has 0 aromatic carbocycles. The number of aromatic nitrogens is 9. The summed E-state index contributed by atoms with van der Waals surface area (Å²) >= 11 is 6.36. The van der Waals surface area contributed by atoms with E-state index in [0.717, 1.165) is 11.3 Å². The van der Waals surface area contributed by atoms with Gasteiger partial charge in [-0.2, -0.15) is 19.7 Å². The third-order valence-corrected chi connectivity index (χ3v) is 6.54. The Morgan fingerprint density at radius 3 is 2.67 bits per heavy atom. The molecule has 0 spiro atoms. The van der Waals surface area contributed by atoms with Gasteiger partial charge in [0.15, 0.2) is 11.5 Å². The molecule has 11 nitrogen and oxygen atoms in total. The quantitative estimate of drug-likeness (QED) is 0.387. The van der Waals surface area contributed by atoms with Gasteiger partial charge in [-0.3, -0.25) is 9.48 Å². The van der Waals surface area contributed by atoms with E-state index in [1.807, 2.05) is 24.7 Å². The summed E-state index contributed by atoms with van der Waals surface area (Å²) in [5.74, 6) is -1.31. The molecule has 182 valence electrons. The minimum absolute atomic E-state index is 0.176. The van der Waals surface area contributed by atoms with E-state index in [1.165, 1.54) is 34.0 Å². The molecule has 1 N–H and O–H groups in total. The van der Waals surface area contributed by atoms with E-state index in [2.05, 4.69) is 35.7 Å². The van der Waals surface area contributed by atoms with Gasteiger partial charge in [0.25, 0.3) is 0 Å². The monoisotopic (exact) mass is 506 g/mol. The number of pyridine rings is 1. The van der Waals surface area contributed by atoms with Gasteiger partial charge < -0.3 is 5.32 Å². The second kappa shape index (κ2) is 8.48. The van der Waals surface area contributed by atoms with Crippen LogP contribution >= 0.6 is 11.6 Å². The van der Waals surface area contributed by atoms with Crippen molar-refractivity contribution in [1.82, 2.24) is 44.4 Å². The van der Waals surface area contributed by atoms with Crippen LogP contribution in [0.5, 0.6) is 0 Å². The molecule has 0 radical (unpaired) electrons. The Morgan fingerprint density at radius 2 is 1.94 bits per heavy atom. The number of anilines is 1. The molecule has 36 heavy (non-hydrogen) atoms. The van der Waals surface area contributed by atoms with E-state index in [9.17, 15) is 9.18 Å². The summed E-state index contributed by atoms with van der Waals surface area (Å²) in [6, 6.07) is 3.04. The van der Waals surface area contributed by atoms with Gasteiger partial charge in [-0.1, -0.05) is 11.6 Å². The first-order chi connectivity index (χ1) is 17.4. The maximum absolute atomic E-state index is 14.0. The maximum atomic E-state index is 14.0. The molecule has 2 unspecified atom stereocenters. The minimum atomic E-state index is -0.632. The number of fused-ring (bicyclic) bond motifs is 3. The lowest BCUT2D eigenvalue weighted by Crippen LogP contribution is -2.20. The molecule has 0 bridgehead atoms. The second-order valence-electron chi connectivity index (χ2n) is 8.86. The standard InChI is InChI=1S/C23H20ClFN10O/c1-12(2)33-11-13(8-30-33)15-6-16(17-10-26-20-7-19(25)32-34(20)21(15)17)23(36)31-14-5-18(24)22(27-9-14)35-28-3-4-29-35/h3-5,7-12,15-16H,6H2,1-2H3,(H,31,36). The molecular formula is C23H20ClFN10O. The molecule has 6 rings (SSSR count). The van der Waals surface area contributed by atoms with Crippen molar-refractivity contribution < 1.29 is 9.18 Å². The van der Waals surface area contributed by atoms with Crippen molar-refractivity contribution >= 4 is 28.8 Å². The molecule has 5 heterocycles. The first-order valence-corrected chi connectivity index (χ1v) is 11.7. The lowest BCUT2D eigenvalue weighted by molar-refractivity contribution is -0.117. The maximum Gasteiger partial charge on any atom is 0.235 e. The highest BCUT2D eigenvalue weighted by Gasteiger charge is 2.40. The smallest absolute Gasteiger partial charge is 0.235 e. The van der Waals surface area contributed by atoms with Crippen LogP contribution in [0.1, 0.15) is 55.0 Å². The number of rotatable bonds is 5. The van der Waals surface area contributed by atoms with Gasteiger partial charge in [0.2, 0.25) is 11.9 Å². The van der Waals surface area contributed by atoms with Crippen molar-refractivity contribution in [2.75, 3.05) is 5.32 Å². The SMILES string of the molecule is CC(C)n1cc(C2CC(C(=O)Nc3cnc(-n4nccn4)c(Cl)c3)c3cnc4cc(F)nn4c32)cn1. The van der Waals surface area contributed by atoms with Crippen LogP contribution in [0, 0.1) is 5.95 Å². The molecule has 0 aliphatic heterocycles. The molecule has 1 amide bonds. The van der Waals surface area contributed by atoms with E-state index < -0.39 is 11.9 Å². The third-order valence-electron chi connectivity index (χ3n) is 6.26. The number of hydrogen-bond acceptors (Lipinski definition) is 7. The largest absolute Gasteiger partial charge is 0.324 e. The fourth-order valence-corrected chi connectivity index (χ4v) is 4.83. The first-order valence-electron chi connectivity index (χ1n) is 11.3. The lowest BCUT2D eigenvalue weighted by atomic mass is 9.97. The fourth-order valence-electron chi connectivity index (χ4n) is 4.59. The minimum Gasteiger partial charge on any atom is -0.324 e. The van der Waals surface area contributed by atoms with E-state index in [4.69, 9.17) is 11.6 Å². The van der Waals surface area contributed by atoms with Gasteiger partial charge >= 0.3 is 0 Å². The normalized spacial score (nSPS) is 17.1. The van der Waals surface area contributed by atoms with E-state index in [0.29, 0.717) is 29.1 Å². The molecule has 2 atom stereocenters. The Hall–Kier alpha value is -4.19. The van der Waals surface area contributed by atoms with Crippen LogP contribution in [0.25, 0.3) is 11.5 Å². The molecule has 0 fully saturated rings. The van der Waals surface area contributed by atoms with Gasteiger partial charge in [0.05, 0.1) is 47.1 Å². The first kappa shape index (κ1) is 22.3. The predicted molar refractivity (Wildman–Crippen MR) is 128 cm³/mol. The van der Waals surface area contributed by atoms with Crippen LogP contribution in [0.2, 0.25) is 5.02 Å². The zero-order chi connectivity index (χ0) is 25.0. The Balaban J connectivity index is 1.35. The predicted octanol–water partition coefficient (Wildman–Crippen LogP) is 3.53. The molecule has 5 aromatic heterocycles. The zero-order valence-corrected chi connectivity index (χ0v) is 20.0. The highest BCUT2D eigenvalue weighted by atomic mass is 35.5. The molecule has 0 saturated heterocycles. The van der Waals surface area contributed by atoms with Crippen LogP contribution in [0.3, 0.4) is 0 Å². The average molecular weight is 507 g/mol. The average Bonchev–Trinajstić information content (AvgIpc) is 3.62. The van der Waals surface area contributed by atoms with Gasteiger partial charge in [0.1, 0.15) is 0 Å². The lowest BCUT2D eigenvalue weighted by Gasteiger charge is -2.13. The highest BCUT2D eigenvalue weighted by Crippen LogP contribution is 2.45. The molecular weight excluding hydrogens is 487 g/mol. The Labute approximate surface area is 208 Å². The topological polar surface area (TPSA) is 121 Å². The molecule has 1 aliphatic carbocycles. The number of carbonyl (C=O) groups is 1. The van der Waals surface area contributed by atoms with E-state index in [-0.39, 0.29) is 22.9 Å². The Kier molecular flexibility index (Phi) is 5.25. The second-order valence-corrected chi connectivity index (χ2v) is 9.27. The summed E-state index contributed by atoms with van der Waals surface area (Å²) in [5, 5.41) is 19.7. The van der Waals surface area contributed by atoms with Crippen LogP contribution in [-0.2, 0) is 4.79 Å². The molecule has 5 aromatic rings. The van der Waals surface area contributed by atoms with Crippen molar-refractivity contribution in [3.05, 3.63) is 77.1 Å². The summed E-state index contributed by atoms with van der Waals surface area (Å²) in [7, 11) is 0. The summed E-state index contributed by atoms with van der Waals surface area (Å²) in [5.41, 5.74) is 3.14. The number of nitrogens with zero attached hydrogens (tertiary/aromatic N) is 9. The number of carbonyl (C=O) groups excluding carboxylic acids is 1. The summed E-state index contributed by atoms with van der Waals surface area (Å²) in [4.78, 5) is 23.4. The number of hydrogen-bond donors (Lipinski definition) is 1. The van der Waals surface area contributed by atoms with Gasteiger partial charge in [-0.05, 0) is 31.9 Å². The fraction of sp³-hybridized carbons (Fsp3) is 0.261. The van der Waals surface area contributed by atoms with Gasteiger partial charge in [-0.25, -0.2) is 14.5 Å². The summed E-state index contributed by atoms with van der Waals surface area (Å²) in [6.07, 6.45) is 10.3. The molecule has 1 aliphatic rings. The Morgan fingerprint density at radius 1 is 1.14 bits per heavy atom. The van der Waals surface area contributed by atoms with Crippen molar-refractivity contribution in [3.63, 3.8) is 0 Å². The zero-order valence-electron chi connectivity index (χ0n) is 19.2. The van der Waals surface area contributed by atoms with E-state index in [1.54, 1.807) is 18.5 Å². The van der Waals surface area contributed by atoms with Crippen LogP contribution in [0.4, 0.5) is 10.1 Å². The van der Waals surface area contributed by atoms with Crippen molar-refractivity contribution in [2.24, 2.45) is 0 Å². The Bertz CT molecular complexity index is 1590. The van der Waals surface area contributed by atoms with Crippen LogP contribution < -0.4 is 5.32 Å². The third kappa shape index (κ3) is 3.70. The highest BCUT2D eigenvalue weighted by molar-refractivity contribution is 6.32. The van der Waals surface area contributed by atoms with E-state index >= 15 is 0 Å².